The van der Waals surface area contributed by atoms with E-state index in [0.717, 1.165) is 0 Å². The van der Waals surface area contributed by atoms with Crippen LogP contribution in [0, 0.1) is 5.82 Å². The summed E-state index contributed by atoms with van der Waals surface area (Å²) in [4.78, 5) is 7.96. The lowest BCUT2D eigenvalue weighted by molar-refractivity contribution is 0.410. The van der Waals surface area contributed by atoms with Gasteiger partial charge in [-0.2, -0.15) is 0 Å². The van der Waals surface area contributed by atoms with Crippen molar-refractivity contribution in [2.45, 2.75) is 6.04 Å². The second-order valence-corrected chi connectivity index (χ2v) is 3.50. The van der Waals surface area contributed by atoms with Crippen LogP contribution in [0.3, 0.4) is 0 Å². The van der Waals surface area contributed by atoms with Crippen LogP contribution < -0.4 is 10.5 Å². The third-order valence-corrected chi connectivity index (χ3v) is 2.44. The molecule has 1 unspecified atom stereocenters. The maximum Gasteiger partial charge on any atom is 0.132 e. The number of nitrogens with zero attached hydrogens (tertiary/aromatic N) is 2. The van der Waals surface area contributed by atoms with Crippen LogP contribution >= 0.6 is 0 Å². The highest BCUT2D eigenvalue weighted by molar-refractivity contribution is 5.33. The Balaban J connectivity index is 2.34. The number of hydrogen-bond donors (Lipinski definition) is 1. The van der Waals surface area contributed by atoms with Gasteiger partial charge in [0.25, 0.3) is 0 Å². The summed E-state index contributed by atoms with van der Waals surface area (Å²) in [6.45, 7) is 0. The Morgan fingerprint density at radius 2 is 2.18 bits per heavy atom. The maximum absolute atomic E-state index is 13.8. The largest absolute Gasteiger partial charge is 0.497 e. The molecule has 2 aromatic rings. The van der Waals surface area contributed by atoms with Gasteiger partial charge in [-0.1, -0.05) is 6.07 Å². The van der Waals surface area contributed by atoms with Crippen LogP contribution in [0.15, 0.2) is 36.8 Å². The van der Waals surface area contributed by atoms with E-state index in [9.17, 15) is 4.39 Å². The van der Waals surface area contributed by atoms with Crippen molar-refractivity contribution in [2.75, 3.05) is 7.11 Å². The normalized spacial score (nSPS) is 12.2. The highest BCUT2D eigenvalue weighted by Gasteiger charge is 2.15. The van der Waals surface area contributed by atoms with Crippen molar-refractivity contribution in [2.24, 2.45) is 5.73 Å². The molecule has 1 atom stereocenters. The monoisotopic (exact) mass is 233 g/mol. The Morgan fingerprint density at radius 3 is 2.76 bits per heavy atom. The predicted octanol–water partition coefficient (Wildman–Crippen LogP) is 1.67. The number of ether oxygens (including phenoxy) is 1. The van der Waals surface area contributed by atoms with E-state index in [2.05, 4.69) is 9.97 Å². The van der Waals surface area contributed by atoms with Crippen LogP contribution in [-0.4, -0.2) is 17.1 Å². The average molecular weight is 233 g/mol. The van der Waals surface area contributed by atoms with Gasteiger partial charge in [-0.25, -0.2) is 4.39 Å². The fourth-order valence-corrected chi connectivity index (χ4v) is 1.52. The van der Waals surface area contributed by atoms with E-state index in [4.69, 9.17) is 10.5 Å². The van der Waals surface area contributed by atoms with Crippen molar-refractivity contribution in [1.82, 2.24) is 9.97 Å². The van der Waals surface area contributed by atoms with Gasteiger partial charge in [0.05, 0.1) is 25.0 Å². The van der Waals surface area contributed by atoms with Crippen LogP contribution in [0.4, 0.5) is 4.39 Å². The van der Waals surface area contributed by atoms with E-state index in [1.165, 1.54) is 25.6 Å². The molecule has 0 spiro atoms. The van der Waals surface area contributed by atoms with Gasteiger partial charge in [-0.15, -0.1) is 0 Å². The van der Waals surface area contributed by atoms with E-state index in [-0.39, 0.29) is 0 Å². The van der Waals surface area contributed by atoms with Gasteiger partial charge in [-0.3, -0.25) is 9.97 Å². The quantitative estimate of drug-likeness (QED) is 0.876. The third kappa shape index (κ3) is 2.39. The first-order valence-corrected chi connectivity index (χ1v) is 5.07. The molecule has 0 aliphatic carbocycles. The zero-order valence-electron chi connectivity index (χ0n) is 9.30. The van der Waals surface area contributed by atoms with Gasteiger partial charge in [-0.05, 0) is 6.07 Å². The third-order valence-electron chi connectivity index (χ3n) is 2.44. The minimum Gasteiger partial charge on any atom is -0.497 e. The Kier molecular flexibility index (Phi) is 3.30. The number of aromatic nitrogens is 2. The molecule has 5 heteroatoms. The molecular weight excluding hydrogens is 221 g/mol. The molecule has 0 saturated heterocycles. The predicted molar refractivity (Wildman–Crippen MR) is 61.0 cm³/mol. The number of hydrogen-bond acceptors (Lipinski definition) is 4. The Hall–Kier alpha value is -2.01. The van der Waals surface area contributed by atoms with Crippen LogP contribution in [0.1, 0.15) is 17.3 Å². The fraction of sp³-hybridized carbons (Fsp3) is 0.167. The number of nitrogens with two attached hydrogens (primary N) is 1. The summed E-state index contributed by atoms with van der Waals surface area (Å²) < 4.78 is 18.7. The van der Waals surface area contributed by atoms with E-state index >= 15 is 0 Å². The van der Waals surface area contributed by atoms with E-state index < -0.39 is 11.9 Å². The molecular formula is C12H12FN3O. The topological polar surface area (TPSA) is 61.0 Å². The summed E-state index contributed by atoms with van der Waals surface area (Å²) in [5.41, 5.74) is 6.82. The van der Waals surface area contributed by atoms with Crippen molar-refractivity contribution >= 4 is 0 Å². The SMILES string of the molecule is COc1ccc(C(N)c2cnccn2)c(F)c1. The molecule has 0 fully saturated rings. The number of rotatable bonds is 3. The minimum absolute atomic E-state index is 0.367. The molecule has 0 radical (unpaired) electrons. The highest BCUT2D eigenvalue weighted by atomic mass is 19.1. The Morgan fingerprint density at radius 1 is 1.35 bits per heavy atom. The van der Waals surface area contributed by atoms with Crippen LogP contribution in [0.25, 0.3) is 0 Å². The average Bonchev–Trinajstić information content (AvgIpc) is 2.39. The van der Waals surface area contributed by atoms with Gasteiger partial charge in [0, 0.05) is 24.0 Å². The second kappa shape index (κ2) is 4.88. The highest BCUT2D eigenvalue weighted by Crippen LogP contribution is 2.23. The van der Waals surface area contributed by atoms with Crippen LogP contribution in [0.5, 0.6) is 5.75 Å². The molecule has 2 N–H and O–H groups in total. The molecule has 0 aliphatic rings. The molecule has 0 aliphatic heterocycles. The zero-order chi connectivity index (χ0) is 12.3. The van der Waals surface area contributed by atoms with Crippen LogP contribution in [0.2, 0.25) is 0 Å². The Labute approximate surface area is 98.3 Å². The summed E-state index contributed by atoms with van der Waals surface area (Å²) in [6, 6.07) is 3.92. The second-order valence-electron chi connectivity index (χ2n) is 3.50. The number of methoxy groups -OCH3 is 1. The summed E-state index contributed by atoms with van der Waals surface area (Å²) >= 11 is 0. The first-order valence-electron chi connectivity index (χ1n) is 5.07. The van der Waals surface area contributed by atoms with Crippen molar-refractivity contribution in [3.8, 4) is 5.75 Å². The molecule has 0 bridgehead atoms. The van der Waals surface area contributed by atoms with Crippen molar-refractivity contribution in [3.05, 3.63) is 53.9 Å². The van der Waals surface area contributed by atoms with Crippen LogP contribution in [-0.2, 0) is 0 Å². The maximum atomic E-state index is 13.8. The lowest BCUT2D eigenvalue weighted by Crippen LogP contribution is -2.15. The van der Waals surface area contributed by atoms with Gasteiger partial charge < -0.3 is 10.5 Å². The Bertz CT molecular complexity index is 504. The summed E-state index contributed by atoms with van der Waals surface area (Å²) in [6.07, 6.45) is 4.59. The summed E-state index contributed by atoms with van der Waals surface area (Å²) in [7, 11) is 1.48. The van der Waals surface area contributed by atoms with Gasteiger partial charge >= 0.3 is 0 Å². The zero-order valence-corrected chi connectivity index (χ0v) is 9.30. The van der Waals surface area contributed by atoms with Gasteiger partial charge in [0.2, 0.25) is 0 Å². The van der Waals surface area contributed by atoms with E-state index in [1.54, 1.807) is 18.3 Å². The van der Waals surface area contributed by atoms with Crippen molar-refractivity contribution < 1.29 is 9.13 Å². The van der Waals surface area contributed by atoms with Gasteiger partial charge in [0.1, 0.15) is 11.6 Å². The van der Waals surface area contributed by atoms with Crippen molar-refractivity contribution in [1.29, 1.82) is 0 Å². The molecule has 17 heavy (non-hydrogen) atoms. The smallest absolute Gasteiger partial charge is 0.132 e. The lowest BCUT2D eigenvalue weighted by Gasteiger charge is -2.12. The number of benzene rings is 1. The lowest BCUT2D eigenvalue weighted by atomic mass is 10.0. The first-order chi connectivity index (χ1) is 8.22. The summed E-state index contributed by atoms with van der Waals surface area (Å²) in [5, 5.41) is 0. The molecule has 2 rings (SSSR count). The van der Waals surface area contributed by atoms with E-state index in [0.29, 0.717) is 17.0 Å². The first kappa shape index (κ1) is 11.5. The van der Waals surface area contributed by atoms with Gasteiger partial charge in [0.15, 0.2) is 0 Å². The molecule has 1 heterocycles. The fourth-order valence-electron chi connectivity index (χ4n) is 1.52. The van der Waals surface area contributed by atoms with E-state index in [1.807, 2.05) is 0 Å². The molecule has 0 amide bonds. The molecule has 0 saturated carbocycles. The molecule has 4 nitrogen and oxygen atoms in total. The van der Waals surface area contributed by atoms with Crippen molar-refractivity contribution in [3.63, 3.8) is 0 Å². The minimum atomic E-state index is -0.630. The standard InChI is InChI=1S/C12H12FN3O/c1-17-8-2-3-9(10(13)6-8)12(14)11-7-15-4-5-16-11/h2-7,12H,14H2,1H3. The molecule has 1 aromatic carbocycles. The molecule has 88 valence electrons. The molecule has 1 aromatic heterocycles. The number of halogens is 1. The summed E-state index contributed by atoms with van der Waals surface area (Å²) in [5.74, 6) is 0.0418.